The molecule has 2 aromatic carbocycles. The molecule has 0 aliphatic rings. The Hall–Kier alpha value is -4.07. The zero-order valence-corrected chi connectivity index (χ0v) is 18.6. The molecule has 0 unspecified atom stereocenters. The molecule has 33 heavy (non-hydrogen) atoms. The minimum atomic E-state index is -1.01. The first kappa shape index (κ1) is 23.6. The summed E-state index contributed by atoms with van der Waals surface area (Å²) in [5.41, 5.74) is 0.495. The third kappa shape index (κ3) is 6.00. The van der Waals surface area contributed by atoms with Crippen LogP contribution in [0.3, 0.4) is 0 Å². The number of methoxy groups -OCH3 is 1. The molecular formula is C25H26N2O6. The number of aromatic hydroxyl groups is 1. The number of hydrogen-bond acceptors (Lipinski definition) is 7. The lowest BCUT2D eigenvalue weighted by atomic mass is 10.0. The number of hydrogen-bond donors (Lipinski definition) is 2. The van der Waals surface area contributed by atoms with Gasteiger partial charge >= 0.3 is 5.97 Å². The number of amides is 1. The van der Waals surface area contributed by atoms with Crippen molar-refractivity contribution in [1.29, 1.82) is 0 Å². The first-order valence-corrected chi connectivity index (χ1v) is 10.4. The van der Waals surface area contributed by atoms with Crippen LogP contribution in [-0.4, -0.2) is 41.2 Å². The lowest BCUT2D eigenvalue weighted by Crippen LogP contribution is -2.41. The van der Waals surface area contributed by atoms with Crippen LogP contribution in [0, 0.1) is 0 Å². The third-order valence-electron chi connectivity index (χ3n) is 4.89. The summed E-state index contributed by atoms with van der Waals surface area (Å²) in [6.07, 6.45) is 0.0946. The van der Waals surface area contributed by atoms with Crippen molar-refractivity contribution in [2.45, 2.75) is 32.1 Å². The Labute approximate surface area is 192 Å². The van der Waals surface area contributed by atoms with E-state index in [0.29, 0.717) is 5.75 Å². The van der Waals surface area contributed by atoms with Crippen LogP contribution in [0.2, 0.25) is 0 Å². The van der Waals surface area contributed by atoms with Crippen molar-refractivity contribution < 1.29 is 28.9 Å². The summed E-state index contributed by atoms with van der Waals surface area (Å²) < 4.78 is 16.7. The van der Waals surface area contributed by atoms with Gasteiger partial charge in [-0.1, -0.05) is 48.5 Å². The number of para-hydroxylation sites is 1. The van der Waals surface area contributed by atoms with E-state index in [1.165, 1.54) is 26.3 Å². The average molecular weight is 450 g/mol. The average Bonchev–Trinajstić information content (AvgIpc) is 2.83. The maximum Gasteiger partial charge on any atom is 0.329 e. The summed E-state index contributed by atoms with van der Waals surface area (Å²) in [4.78, 5) is 29.3. The van der Waals surface area contributed by atoms with E-state index >= 15 is 0 Å². The van der Waals surface area contributed by atoms with E-state index in [1.807, 2.05) is 60.7 Å². The van der Waals surface area contributed by atoms with Gasteiger partial charge in [-0.3, -0.25) is 4.79 Å². The van der Waals surface area contributed by atoms with E-state index in [9.17, 15) is 14.7 Å². The van der Waals surface area contributed by atoms with Crippen LogP contribution in [0.4, 0.5) is 0 Å². The van der Waals surface area contributed by atoms with Gasteiger partial charge in [0.25, 0.3) is 5.91 Å². The predicted octanol–water partition coefficient (Wildman–Crippen LogP) is 3.67. The van der Waals surface area contributed by atoms with Gasteiger partial charge in [-0.15, -0.1) is 0 Å². The molecule has 0 bridgehead atoms. The number of rotatable bonds is 9. The molecule has 0 saturated heterocycles. The highest BCUT2D eigenvalue weighted by atomic mass is 16.6. The van der Waals surface area contributed by atoms with Gasteiger partial charge in [0.1, 0.15) is 17.9 Å². The Morgan fingerprint density at radius 1 is 0.970 bits per heavy atom. The second-order valence-corrected chi connectivity index (χ2v) is 7.31. The van der Waals surface area contributed by atoms with Gasteiger partial charge in [-0.25, -0.2) is 9.78 Å². The predicted molar refractivity (Wildman–Crippen MR) is 121 cm³/mol. The maximum absolute atomic E-state index is 12.9. The van der Waals surface area contributed by atoms with Crippen LogP contribution >= 0.6 is 0 Å². The van der Waals surface area contributed by atoms with Gasteiger partial charge in [0.15, 0.2) is 23.3 Å². The van der Waals surface area contributed by atoms with Crippen LogP contribution in [0.25, 0.3) is 0 Å². The van der Waals surface area contributed by atoms with Crippen LogP contribution < -0.4 is 14.8 Å². The number of esters is 1. The molecule has 3 rings (SSSR count). The van der Waals surface area contributed by atoms with Crippen molar-refractivity contribution in [3.8, 4) is 17.2 Å². The number of benzene rings is 2. The van der Waals surface area contributed by atoms with Crippen LogP contribution in [0.15, 0.2) is 72.9 Å². The summed E-state index contributed by atoms with van der Waals surface area (Å²) in [7, 11) is 1.36. The number of pyridine rings is 1. The molecule has 0 saturated carbocycles. The smallest absolute Gasteiger partial charge is 0.329 e. The highest BCUT2D eigenvalue weighted by Gasteiger charge is 2.29. The van der Waals surface area contributed by atoms with Crippen LogP contribution in [-0.2, 0) is 9.53 Å². The van der Waals surface area contributed by atoms with Gasteiger partial charge in [0, 0.05) is 12.3 Å². The van der Waals surface area contributed by atoms with Gasteiger partial charge < -0.3 is 24.6 Å². The molecule has 1 amide bonds. The Bertz CT molecular complexity index is 1070. The van der Waals surface area contributed by atoms with E-state index in [2.05, 4.69) is 10.3 Å². The molecule has 1 heterocycles. The minimum absolute atomic E-state index is 0.0985. The number of aromatic nitrogens is 1. The van der Waals surface area contributed by atoms with Crippen molar-refractivity contribution in [1.82, 2.24) is 10.3 Å². The molecule has 8 nitrogen and oxygen atoms in total. The van der Waals surface area contributed by atoms with Crippen molar-refractivity contribution >= 4 is 11.9 Å². The van der Waals surface area contributed by atoms with Crippen molar-refractivity contribution in [2.75, 3.05) is 7.11 Å². The van der Waals surface area contributed by atoms with Gasteiger partial charge in [0.2, 0.25) is 0 Å². The first-order valence-electron chi connectivity index (χ1n) is 10.4. The molecule has 8 heteroatoms. The number of carbonyl (C=O) groups is 2. The van der Waals surface area contributed by atoms with Crippen LogP contribution in [0.5, 0.6) is 17.2 Å². The molecule has 0 aliphatic carbocycles. The SMILES string of the molecule is COc1ccnc(C(=O)N[C@@H](C)C(=O)O[C@H](c2ccccc2)[C@H](C)Oc2ccccc2)c1O. The minimum Gasteiger partial charge on any atom is -0.503 e. The molecule has 3 aromatic rings. The second kappa shape index (κ2) is 11.0. The second-order valence-electron chi connectivity index (χ2n) is 7.31. The Morgan fingerprint density at radius 2 is 1.61 bits per heavy atom. The number of ether oxygens (including phenoxy) is 3. The Kier molecular flexibility index (Phi) is 7.86. The molecule has 172 valence electrons. The molecule has 2 N–H and O–H groups in total. The molecule has 0 radical (unpaired) electrons. The monoisotopic (exact) mass is 450 g/mol. The lowest BCUT2D eigenvalue weighted by molar-refractivity contribution is -0.156. The number of nitrogens with zero attached hydrogens (tertiary/aromatic N) is 1. The Balaban J connectivity index is 1.72. The van der Waals surface area contributed by atoms with Gasteiger partial charge in [0.05, 0.1) is 7.11 Å². The van der Waals surface area contributed by atoms with Gasteiger partial charge in [-0.2, -0.15) is 0 Å². The fourth-order valence-corrected chi connectivity index (χ4v) is 3.17. The summed E-state index contributed by atoms with van der Waals surface area (Å²) in [5, 5.41) is 12.6. The fraction of sp³-hybridized carbons (Fsp3) is 0.240. The van der Waals surface area contributed by atoms with Crippen molar-refractivity contribution in [3.63, 3.8) is 0 Å². The normalized spacial score (nSPS) is 13.3. The van der Waals surface area contributed by atoms with Gasteiger partial charge in [-0.05, 0) is 31.5 Å². The highest BCUT2D eigenvalue weighted by molar-refractivity contribution is 5.97. The fourth-order valence-electron chi connectivity index (χ4n) is 3.17. The number of carbonyl (C=O) groups excluding carboxylic acids is 2. The summed E-state index contributed by atoms with van der Waals surface area (Å²) in [6, 6.07) is 18.8. The third-order valence-corrected chi connectivity index (χ3v) is 4.89. The zero-order valence-electron chi connectivity index (χ0n) is 18.6. The quantitative estimate of drug-likeness (QED) is 0.479. The summed E-state index contributed by atoms with van der Waals surface area (Å²) in [5.74, 6) is -1.07. The zero-order chi connectivity index (χ0) is 23.8. The summed E-state index contributed by atoms with van der Waals surface area (Å²) in [6.45, 7) is 3.29. The van der Waals surface area contributed by atoms with E-state index in [1.54, 1.807) is 6.92 Å². The van der Waals surface area contributed by atoms with E-state index in [4.69, 9.17) is 14.2 Å². The highest BCUT2D eigenvalue weighted by Crippen LogP contribution is 2.28. The molecular weight excluding hydrogens is 424 g/mol. The largest absolute Gasteiger partial charge is 0.503 e. The topological polar surface area (TPSA) is 107 Å². The van der Waals surface area contributed by atoms with E-state index in [-0.39, 0.29) is 11.4 Å². The molecule has 0 spiro atoms. The molecule has 0 fully saturated rings. The van der Waals surface area contributed by atoms with Crippen LogP contribution in [0.1, 0.15) is 36.0 Å². The number of nitrogens with one attached hydrogen (secondary N) is 1. The standard InChI is InChI=1S/C25H26N2O6/c1-16(27-24(29)21-22(28)20(31-3)14-15-26-21)25(30)33-23(18-10-6-4-7-11-18)17(2)32-19-12-8-5-9-13-19/h4-17,23,28H,1-3H3,(H,27,29)/t16-,17-,23-/m0/s1. The maximum atomic E-state index is 12.9. The molecule has 0 aliphatic heterocycles. The first-order chi connectivity index (χ1) is 15.9. The summed E-state index contributed by atoms with van der Waals surface area (Å²) >= 11 is 0. The van der Waals surface area contributed by atoms with Crippen molar-refractivity contribution in [3.05, 3.63) is 84.2 Å². The molecule has 3 atom stereocenters. The van der Waals surface area contributed by atoms with E-state index in [0.717, 1.165) is 5.56 Å². The van der Waals surface area contributed by atoms with E-state index < -0.39 is 35.9 Å². The Morgan fingerprint density at radius 3 is 2.24 bits per heavy atom. The lowest BCUT2D eigenvalue weighted by Gasteiger charge is -2.27. The van der Waals surface area contributed by atoms with Crippen molar-refractivity contribution in [2.24, 2.45) is 0 Å². The molecule has 1 aromatic heterocycles.